The van der Waals surface area contributed by atoms with Crippen molar-refractivity contribution in [2.24, 2.45) is 0 Å². The van der Waals surface area contributed by atoms with E-state index in [1.807, 2.05) is 24.3 Å². The molecule has 5 heteroatoms. The highest BCUT2D eigenvalue weighted by Gasteiger charge is 2.04. The highest BCUT2D eigenvalue weighted by molar-refractivity contribution is 5.86. The Morgan fingerprint density at radius 3 is 2.90 bits per heavy atom. The van der Waals surface area contributed by atoms with Gasteiger partial charge in [-0.25, -0.2) is 0 Å². The Bertz CT molecular complexity index is 612. The second-order valence-electron chi connectivity index (χ2n) is 4.55. The molecule has 1 aromatic heterocycles. The highest BCUT2D eigenvalue weighted by atomic mass is 16.5. The second-order valence-corrected chi connectivity index (χ2v) is 4.55. The summed E-state index contributed by atoms with van der Waals surface area (Å²) in [7, 11) is 1.62. The molecule has 0 saturated heterocycles. The molecule has 0 bridgehead atoms. The number of aromatic nitrogens is 1. The zero-order valence-corrected chi connectivity index (χ0v) is 11.9. The predicted octanol–water partition coefficient (Wildman–Crippen LogP) is 1.92. The first-order valence-electron chi connectivity index (χ1n) is 6.74. The minimum Gasteiger partial charge on any atom is -0.497 e. The monoisotopic (exact) mass is 289 g/mol. The van der Waals surface area contributed by atoms with E-state index in [0.717, 1.165) is 22.4 Å². The van der Waals surface area contributed by atoms with Crippen molar-refractivity contribution in [3.63, 3.8) is 0 Å². The molecule has 0 amide bonds. The van der Waals surface area contributed by atoms with Gasteiger partial charge in [0.2, 0.25) is 0 Å². The van der Waals surface area contributed by atoms with Gasteiger partial charge in [-0.1, -0.05) is 12.2 Å². The third-order valence-electron chi connectivity index (χ3n) is 3.03. The Kier molecular flexibility index (Phi) is 5.54. The maximum absolute atomic E-state index is 9.21. The van der Waals surface area contributed by atoms with Gasteiger partial charge in [-0.2, -0.15) is 0 Å². The lowest BCUT2D eigenvalue weighted by Gasteiger charge is -2.08. The van der Waals surface area contributed by atoms with Crippen LogP contribution in [0.15, 0.2) is 42.6 Å². The summed E-state index contributed by atoms with van der Waals surface area (Å²) in [5, 5.41) is 18.8. The minimum atomic E-state index is -0.715. The number of pyridine rings is 1. The Labute approximate surface area is 123 Å². The molecule has 112 valence electrons. The van der Waals surface area contributed by atoms with E-state index in [2.05, 4.69) is 4.98 Å². The van der Waals surface area contributed by atoms with Crippen LogP contribution in [0.2, 0.25) is 0 Å². The van der Waals surface area contributed by atoms with Gasteiger partial charge < -0.3 is 19.7 Å². The van der Waals surface area contributed by atoms with Crippen LogP contribution in [0.3, 0.4) is 0 Å². The fourth-order valence-electron chi connectivity index (χ4n) is 1.89. The average Bonchev–Trinajstić information content (AvgIpc) is 2.53. The van der Waals surface area contributed by atoms with E-state index in [9.17, 15) is 5.11 Å². The largest absolute Gasteiger partial charge is 0.497 e. The number of methoxy groups -OCH3 is 1. The number of rotatable bonds is 7. The van der Waals surface area contributed by atoms with Crippen molar-refractivity contribution in [3.05, 3.63) is 42.6 Å². The Morgan fingerprint density at radius 2 is 2.14 bits per heavy atom. The molecule has 2 N–H and O–H groups in total. The number of ether oxygens (including phenoxy) is 2. The molecule has 0 aliphatic rings. The standard InChI is InChI=1S/C16H19NO4/c1-20-13-5-6-15-14(10-13)16(7-8-17-15)21-9-3-2-4-12(19)11-18/h2-3,5-8,10,12,18-19H,4,9,11H2,1H3. The van der Waals surface area contributed by atoms with Crippen LogP contribution < -0.4 is 9.47 Å². The van der Waals surface area contributed by atoms with Crippen molar-refractivity contribution < 1.29 is 19.7 Å². The molecule has 1 atom stereocenters. The predicted molar refractivity (Wildman–Crippen MR) is 80.6 cm³/mol. The van der Waals surface area contributed by atoms with Crippen molar-refractivity contribution in [1.82, 2.24) is 4.98 Å². The Balaban J connectivity index is 2.04. The topological polar surface area (TPSA) is 71.8 Å². The highest BCUT2D eigenvalue weighted by Crippen LogP contribution is 2.27. The molecule has 2 aromatic rings. The molecule has 0 saturated carbocycles. The molecule has 1 aromatic carbocycles. The van der Waals surface area contributed by atoms with Crippen molar-refractivity contribution in [2.75, 3.05) is 20.3 Å². The first-order chi connectivity index (χ1) is 10.2. The molecule has 1 heterocycles. The molecule has 0 radical (unpaired) electrons. The number of benzene rings is 1. The fraction of sp³-hybridized carbons (Fsp3) is 0.312. The number of aliphatic hydroxyl groups is 2. The molecule has 21 heavy (non-hydrogen) atoms. The van der Waals surface area contributed by atoms with Crippen molar-refractivity contribution >= 4 is 10.9 Å². The van der Waals surface area contributed by atoms with Crippen LogP contribution in [0.25, 0.3) is 10.9 Å². The van der Waals surface area contributed by atoms with Crippen LogP contribution in [-0.2, 0) is 0 Å². The molecule has 0 fully saturated rings. The molecule has 1 unspecified atom stereocenters. The van der Waals surface area contributed by atoms with E-state index in [-0.39, 0.29) is 6.61 Å². The van der Waals surface area contributed by atoms with Crippen LogP contribution in [0.4, 0.5) is 0 Å². The molecule has 0 aliphatic heterocycles. The summed E-state index contributed by atoms with van der Waals surface area (Å²) < 4.78 is 10.9. The first-order valence-corrected chi connectivity index (χ1v) is 6.74. The van der Waals surface area contributed by atoms with E-state index in [1.54, 1.807) is 25.4 Å². The number of fused-ring (bicyclic) bond motifs is 1. The summed E-state index contributed by atoms with van der Waals surface area (Å²) >= 11 is 0. The summed E-state index contributed by atoms with van der Waals surface area (Å²) in [6.07, 6.45) is 4.98. The molecule has 5 nitrogen and oxygen atoms in total. The Hall–Kier alpha value is -2.11. The number of aliphatic hydroxyl groups excluding tert-OH is 2. The third-order valence-corrected chi connectivity index (χ3v) is 3.03. The summed E-state index contributed by atoms with van der Waals surface area (Å²) in [5.74, 6) is 1.48. The SMILES string of the molecule is COc1ccc2nccc(OCC=CCC(O)CO)c2c1. The van der Waals surface area contributed by atoms with Gasteiger partial charge in [-0.05, 0) is 30.7 Å². The molecular weight excluding hydrogens is 270 g/mol. The quantitative estimate of drug-likeness (QED) is 0.762. The summed E-state index contributed by atoms with van der Waals surface area (Å²) in [4.78, 5) is 4.28. The summed E-state index contributed by atoms with van der Waals surface area (Å²) in [5.41, 5.74) is 0.841. The van der Waals surface area contributed by atoms with Crippen LogP contribution in [-0.4, -0.2) is 41.6 Å². The summed E-state index contributed by atoms with van der Waals surface area (Å²) in [6, 6.07) is 7.43. The third kappa shape index (κ3) is 4.18. The van der Waals surface area contributed by atoms with Crippen molar-refractivity contribution in [3.8, 4) is 11.5 Å². The minimum absolute atomic E-state index is 0.236. The molecule has 2 rings (SSSR count). The fourth-order valence-corrected chi connectivity index (χ4v) is 1.89. The first kappa shape index (κ1) is 15.3. The van der Waals surface area contributed by atoms with Gasteiger partial charge in [0.1, 0.15) is 18.1 Å². The van der Waals surface area contributed by atoms with Gasteiger partial charge >= 0.3 is 0 Å². The lowest BCUT2D eigenvalue weighted by Crippen LogP contribution is -2.09. The van der Waals surface area contributed by atoms with E-state index >= 15 is 0 Å². The average molecular weight is 289 g/mol. The smallest absolute Gasteiger partial charge is 0.130 e. The zero-order chi connectivity index (χ0) is 15.1. The van der Waals surface area contributed by atoms with Gasteiger partial charge in [0.25, 0.3) is 0 Å². The van der Waals surface area contributed by atoms with E-state index in [4.69, 9.17) is 14.6 Å². The normalized spacial score (nSPS) is 12.7. The number of nitrogens with zero attached hydrogens (tertiary/aromatic N) is 1. The lowest BCUT2D eigenvalue weighted by atomic mass is 10.2. The number of hydrogen-bond donors (Lipinski definition) is 2. The van der Waals surface area contributed by atoms with E-state index in [0.29, 0.717) is 13.0 Å². The van der Waals surface area contributed by atoms with Crippen LogP contribution in [0, 0.1) is 0 Å². The van der Waals surface area contributed by atoms with Crippen LogP contribution in [0.5, 0.6) is 11.5 Å². The second kappa shape index (κ2) is 7.61. The zero-order valence-electron chi connectivity index (χ0n) is 11.9. The van der Waals surface area contributed by atoms with Crippen molar-refractivity contribution in [1.29, 1.82) is 0 Å². The lowest BCUT2D eigenvalue weighted by molar-refractivity contribution is 0.0975. The molecule has 0 aliphatic carbocycles. The van der Waals surface area contributed by atoms with Gasteiger partial charge in [-0.3, -0.25) is 4.98 Å². The van der Waals surface area contributed by atoms with Crippen LogP contribution in [0.1, 0.15) is 6.42 Å². The van der Waals surface area contributed by atoms with Crippen LogP contribution >= 0.6 is 0 Å². The maximum atomic E-state index is 9.21. The van der Waals surface area contributed by atoms with Gasteiger partial charge in [0, 0.05) is 11.6 Å². The number of hydrogen-bond acceptors (Lipinski definition) is 5. The van der Waals surface area contributed by atoms with Gasteiger partial charge in [-0.15, -0.1) is 0 Å². The van der Waals surface area contributed by atoms with Gasteiger partial charge in [0.15, 0.2) is 0 Å². The van der Waals surface area contributed by atoms with E-state index < -0.39 is 6.10 Å². The molecular formula is C16H19NO4. The van der Waals surface area contributed by atoms with Crippen molar-refractivity contribution in [2.45, 2.75) is 12.5 Å². The summed E-state index contributed by atoms with van der Waals surface area (Å²) in [6.45, 7) is 0.147. The molecule has 0 spiro atoms. The van der Waals surface area contributed by atoms with E-state index in [1.165, 1.54) is 0 Å². The van der Waals surface area contributed by atoms with Gasteiger partial charge in [0.05, 0.1) is 25.3 Å². The Morgan fingerprint density at radius 1 is 1.29 bits per heavy atom. The maximum Gasteiger partial charge on any atom is 0.130 e.